The largest absolute Gasteiger partial charge is 0.491 e. The average Bonchev–Trinajstić information content (AvgIpc) is 2.59. The summed E-state index contributed by atoms with van der Waals surface area (Å²) >= 11 is 0. The zero-order chi connectivity index (χ0) is 13.3. The minimum Gasteiger partial charge on any atom is -0.458 e. The summed E-state index contributed by atoms with van der Waals surface area (Å²) in [5, 5.41) is 0. The highest BCUT2D eigenvalue weighted by Crippen LogP contribution is 2.21. The number of rotatable bonds is 2. The molecule has 0 bridgehead atoms. The van der Waals surface area contributed by atoms with Gasteiger partial charge in [-0.2, -0.15) is 0 Å². The van der Waals surface area contributed by atoms with Gasteiger partial charge >= 0.3 is 11.9 Å². The van der Waals surface area contributed by atoms with Crippen molar-refractivity contribution in [3.63, 3.8) is 0 Å². The number of hydrogen-bond donors (Lipinski definition) is 0. The monoisotopic (exact) mass is 243 g/mol. The van der Waals surface area contributed by atoms with E-state index in [4.69, 9.17) is 13.9 Å². The third-order valence-electron chi connectivity index (χ3n) is 2.30. The summed E-state index contributed by atoms with van der Waals surface area (Å²) in [6.07, 6.45) is -0.185. The van der Waals surface area contributed by atoms with Crippen molar-refractivity contribution in [3.05, 3.63) is 0 Å². The van der Waals surface area contributed by atoms with Crippen molar-refractivity contribution in [2.75, 3.05) is 13.2 Å². The Bertz CT molecular complexity index is 317. The number of carbonyl (C=O) groups is 1. The van der Waals surface area contributed by atoms with Gasteiger partial charge in [-0.25, -0.2) is 0 Å². The van der Waals surface area contributed by atoms with Crippen LogP contribution in [0.4, 0.5) is 0 Å². The van der Waals surface area contributed by atoms with Crippen LogP contribution >= 0.6 is 0 Å². The predicted molar refractivity (Wildman–Crippen MR) is 64.6 cm³/mol. The molecule has 0 aromatic rings. The first-order chi connectivity index (χ1) is 7.60. The van der Waals surface area contributed by atoms with Crippen LogP contribution in [0.25, 0.3) is 0 Å². The van der Waals surface area contributed by atoms with Crippen LogP contribution in [0, 0.1) is 10.8 Å². The van der Waals surface area contributed by atoms with Crippen molar-refractivity contribution in [2.45, 2.75) is 47.6 Å². The lowest BCUT2D eigenvalue weighted by Crippen LogP contribution is -2.30. The van der Waals surface area contributed by atoms with Gasteiger partial charge in [0.15, 0.2) is 6.61 Å². The van der Waals surface area contributed by atoms with E-state index in [2.05, 4.69) is 0 Å². The van der Waals surface area contributed by atoms with Gasteiger partial charge in [0.2, 0.25) is 0 Å². The van der Waals surface area contributed by atoms with Crippen molar-refractivity contribution in [1.29, 1.82) is 0 Å². The first-order valence-corrected chi connectivity index (χ1v) is 5.95. The zero-order valence-electron chi connectivity index (χ0n) is 11.6. The van der Waals surface area contributed by atoms with E-state index in [1.807, 2.05) is 41.5 Å². The minimum absolute atomic E-state index is 0.136. The summed E-state index contributed by atoms with van der Waals surface area (Å²) in [6.45, 7) is 12.2. The van der Waals surface area contributed by atoms with E-state index < -0.39 is 5.41 Å². The number of esters is 2. The highest BCUT2D eigenvalue weighted by molar-refractivity contribution is 5.77. The molecule has 1 aliphatic rings. The van der Waals surface area contributed by atoms with E-state index in [0.717, 1.165) is 0 Å². The van der Waals surface area contributed by atoms with Crippen LogP contribution < -0.4 is 0 Å². The molecule has 1 aliphatic heterocycles. The van der Waals surface area contributed by atoms with Crippen molar-refractivity contribution in [1.82, 2.24) is 0 Å². The second-order valence-corrected chi connectivity index (χ2v) is 6.44. The molecule has 1 rings (SSSR count). The Morgan fingerprint density at radius 1 is 1.35 bits per heavy atom. The van der Waals surface area contributed by atoms with Crippen LogP contribution in [0.1, 0.15) is 41.5 Å². The normalized spacial score (nSPS) is 20.8. The van der Waals surface area contributed by atoms with E-state index in [1.54, 1.807) is 0 Å². The summed E-state index contributed by atoms with van der Waals surface area (Å²) in [6, 6.07) is 0. The lowest BCUT2D eigenvalue weighted by atomic mass is 9.97. The molecule has 1 atom stereocenters. The second kappa shape index (κ2) is 4.67. The van der Waals surface area contributed by atoms with Crippen LogP contribution in [-0.2, 0) is 18.7 Å². The third kappa shape index (κ3) is 4.02. The number of hydrogen-bond acceptors (Lipinski definition) is 3. The first kappa shape index (κ1) is 14.0. The van der Waals surface area contributed by atoms with Gasteiger partial charge in [0.25, 0.3) is 12.7 Å². The van der Waals surface area contributed by atoms with Crippen molar-refractivity contribution >= 4 is 11.9 Å². The van der Waals surface area contributed by atoms with Gasteiger partial charge in [0.1, 0.15) is 5.41 Å². The number of ether oxygens (including phenoxy) is 2. The molecule has 0 aromatic heterocycles. The summed E-state index contributed by atoms with van der Waals surface area (Å²) in [7, 11) is 0. The summed E-state index contributed by atoms with van der Waals surface area (Å²) in [4.78, 5) is 11.6. The van der Waals surface area contributed by atoms with Gasteiger partial charge < -0.3 is 13.9 Å². The molecule has 4 heteroatoms. The molecule has 0 aliphatic carbocycles. The molecule has 0 unspecified atom stereocenters. The highest BCUT2D eigenvalue weighted by atomic mass is 16.6. The smallest absolute Gasteiger partial charge is 0.458 e. The maximum atomic E-state index is 11.6. The molecule has 1 heterocycles. The Morgan fingerprint density at radius 3 is 2.35 bits per heavy atom. The van der Waals surface area contributed by atoms with Crippen molar-refractivity contribution in [2.24, 2.45) is 10.8 Å². The summed E-state index contributed by atoms with van der Waals surface area (Å²) in [5.74, 6) is 0.402. The van der Waals surface area contributed by atoms with E-state index >= 15 is 0 Å². The Labute approximate surface area is 103 Å². The fourth-order valence-corrected chi connectivity index (χ4v) is 1.25. The highest BCUT2D eigenvalue weighted by Gasteiger charge is 2.42. The molecule has 0 radical (unpaired) electrons. The molecule has 0 saturated carbocycles. The average molecular weight is 243 g/mol. The van der Waals surface area contributed by atoms with Gasteiger partial charge in [0, 0.05) is 0 Å². The Balaban J connectivity index is 2.37. The van der Waals surface area contributed by atoms with E-state index in [0.29, 0.717) is 12.6 Å². The van der Waals surface area contributed by atoms with Crippen molar-refractivity contribution < 1.29 is 18.7 Å². The quantitative estimate of drug-likeness (QED) is 0.551. The molecule has 0 amide bonds. The summed E-state index contributed by atoms with van der Waals surface area (Å²) < 4.78 is 16.3. The summed E-state index contributed by atoms with van der Waals surface area (Å²) in [5.41, 5.74) is -0.612. The van der Waals surface area contributed by atoms with Gasteiger partial charge in [-0.05, 0) is 41.5 Å². The molecule has 0 aromatic carbocycles. The minimum atomic E-state index is -0.476. The van der Waals surface area contributed by atoms with E-state index in [-0.39, 0.29) is 24.1 Å². The topological polar surface area (TPSA) is 46.8 Å². The molecule has 0 fully saturated rings. The van der Waals surface area contributed by atoms with Crippen molar-refractivity contribution in [3.8, 4) is 0 Å². The van der Waals surface area contributed by atoms with E-state index in [1.165, 1.54) is 0 Å². The molecule has 0 N–H and O–H groups in total. The maximum Gasteiger partial charge on any atom is 0.491 e. The second-order valence-electron chi connectivity index (χ2n) is 6.44. The molecule has 98 valence electrons. The Kier molecular flexibility index (Phi) is 3.84. The fraction of sp³-hybridized carbons (Fsp3) is 0.846. The van der Waals surface area contributed by atoms with Crippen LogP contribution in [0.5, 0.6) is 0 Å². The Morgan fingerprint density at radius 2 is 1.94 bits per heavy atom. The Hall–Kier alpha value is -1.06. The molecule has 4 nitrogen and oxygen atoms in total. The number of cyclic esters (lactones) is 1. The molecule has 0 saturated heterocycles. The van der Waals surface area contributed by atoms with Gasteiger partial charge in [-0.3, -0.25) is 4.79 Å². The molecular formula is C13H23O4+. The van der Waals surface area contributed by atoms with Crippen LogP contribution in [-0.4, -0.2) is 31.3 Å². The predicted octanol–water partition coefficient (Wildman–Crippen LogP) is 2.08. The standard InChI is InChI=1S/C13H23O4/c1-12(2,3)10(14)15-7-9-8-16-11(17-9)13(4,5)6/h9H,7-8H2,1-6H3/q+1/t9-/m0/s1. The SMILES string of the molecule is CC(C)(C)C(=O)OC[C@H]1C[O+]=C(C(C)(C)C)O1. The first-order valence-electron chi connectivity index (χ1n) is 5.95. The fourth-order valence-electron chi connectivity index (χ4n) is 1.25. The van der Waals surface area contributed by atoms with Gasteiger partial charge in [-0.1, -0.05) is 0 Å². The molecular weight excluding hydrogens is 220 g/mol. The lowest BCUT2D eigenvalue weighted by Gasteiger charge is -2.16. The van der Waals surface area contributed by atoms with Crippen LogP contribution in [0.3, 0.4) is 0 Å². The van der Waals surface area contributed by atoms with Crippen LogP contribution in [0.15, 0.2) is 0 Å². The van der Waals surface area contributed by atoms with E-state index in [9.17, 15) is 4.79 Å². The lowest BCUT2D eigenvalue weighted by molar-refractivity contribution is -0.453. The van der Waals surface area contributed by atoms with Gasteiger partial charge in [0.05, 0.1) is 5.41 Å². The molecule has 0 spiro atoms. The number of carbonyl (C=O) groups excluding carboxylic acids is 2. The third-order valence-corrected chi connectivity index (χ3v) is 2.30. The van der Waals surface area contributed by atoms with Crippen LogP contribution in [0.2, 0.25) is 0 Å². The maximum absolute atomic E-state index is 11.6. The molecule has 17 heavy (non-hydrogen) atoms. The zero-order valence-corrected chi connectivity index (χ0v) is 11.6. The van der Waals surface area contributed by atoms with Gasteiger partial charge in [-0.15, -0.1) is 0 Å².